The van der Waals surface area contributed by atoms with Crippen molar-refractivity contribution in [2.75, 3.05) is 17.2 Å². The van der Waals surface area contributed by atoms with E-state index in [1.54, 1.807) is 0 Å². The zero-order valence-electron chi connectivity index (χ0n) is 10.6. The number of carbonyl (C=O) groups excluding carboxylic acids is 1. The fourth-order valence-corrected chi connectivity index (χ4v) is 2.45. The van der Waals surface area contributed by atoms with Crippen LogP contribution in [0, 0.1) is 5.92 Å². The van der Waals surface area contributed by atoms with Crippen LogP contribution < -0.4 is 10.6 Å². The summed E-state index contributed by atoms with van der Waals surface area (Å²) in [7, 11) is 0. The lowest BCUT2D eigenvalue weighted by atomic mass is 10.0. The highest BCUT2D eigenvalue weighted by Crippen LogP contribution is 2.31. The molecule has 1 aromatic carbocycles. The second-order valence-corrected chi connectivity index (χ2v) is 4.82. The first-order valence-electron chi connectivity index (χ1n) is 6.33. The highest BCUT2D eigenvalue weighted by Gasteiger charge is 2.27. The van der Waals surface area contributed by atoms with Gasteiger partial charge >= 0.3 is 0 Å². The topological polar surface area (TPSA) is 46.3 Å². The normalized spacial score (nSPS) is 15.8. The number of benzene rings is 1. The Morgan fingerprint density at radius 1 is 1.53 bits per heavy atom. The Hall–Kier alpha value is -1.51. The van der Waals surface area contributed by atoms with Crippen LogP contribution in [0.1, 0.15) is 32.3 Å². The Bertz CT molecular complexity index is 428. The number of carbonyl (C=O) groups is 1. The third-order valence-corrected chi connectivity index (χ3v) is 3.41. The Morgan fingerprint density at radius 2 is 2.29 bits per heavy atom. The maximum Gasteiger partial charge on any atom is 0.229 e. The van der Waals surface area contributed by atoms with Crippen molar-refractivity contribution >= 4 is 17.3 Å². The number of nitrogen functional groups attached to an aromatic ring is 1. The lowest BCUT2D eigenvalue weighted by Crippen LogP contribution is -2.33. The summed E-state index contributed by atoms with van der Waals surface area (Å²) in [4.78, 5) is 14.2. The summed E-state index contributed by atoms with van der Waals surface area (Å²) in [5.41, 5.74) is 8.76. The van der Waals surface area contributed by atoms with Crippen molar-refractivity contribution in [2.24, 2.45) is 5.92 Å². The minimum Gasteiger partial charge on any atom is -0.399 e. The van der Waals surface area contributed by atoms with Gasteiger partial charge < -0.3 is 10.6 Å². The van der Waals surface area contributed by atoms with Crippen LogP contribution in [0.25, 0.3) is 0 Å². The van der Waals surface area contributed by atoms with Gasteiger partial charge in [-0.3, -0.25) is 4.79 Å². The molecule has 3 nitrogen and oxygen atoms in total. The maximum atomic E-state index is 12.3. The molecule has 2 N–H and O–H groups in total. The molecule has 0 fully saturated rings. The molecular formula is C14H20N2O. The van der Waals surface area contributed by atoms with E-state index in [9.17, 15) is 4.79 Å². The number of amides is 1. The van der Waals surface area contributed by atoms with Crippen molar-refractivity contribution in [3.63, 3.8) is 0 Å². The first kappa shape index (κ1) is 12.0. The molecule has 0 spiro atoms. The van der Waals surface area contributed by atoms with Gasteiger partial charge in [-0.15, -0.1) is 0 Å². The van der Waals surface area contributed by atoms with Crippen molar-refractivity contribution in [3.05, 3.63) is 23.8 Å². The monoisotopic (exact) mass is 232 g/mol. The second kappa shape index (κ2) is 4.78. The molecule has 1 aliphatic heterocycles. The smallest absolute Gasteiger partial charge is 0.229 e. The van der Waals surface area contributed by atoms with Gasteiger partial charge in [0.15, 0.2) is 0 Å². The van der Waals surface area contributed by atoms with Gasteiger partial charge in [-0.1, -0.05) is 26.3 Å². The SMILES string of the molecule is CCCC(C)C(=O)N1CCc2ccc(N)cc21. The molecule has 1 heterocycles. The van der Waals surface area contributed by atoms with Gasteiger partial charge in [0.05, 0.1) is 0 Å². The van der Waals surface area contributed by atoms with Gasteiger partial charge in [0.25, 0.3) is 0 Å². The molecule has 0 radical (unpaired) electrons. The van der Waals surface area contributed by atoms with Gasteiger partial charge in [-0.25, -0.2) is 0 Å². The lowest BCUT2D eigenvalue weighted by molar-refractivity contribution is -0.122. The van der Waals surface area contributed by atoms with E-state index < -0.39 is 0 Å². The fourth-order valence-electron chi connectivity index (χ4n) is 2.45. The van der Waals surface area contributed by atoms with E-state index in [1.165, 1.54) is 5.56 Å². The summed E-state index contributed by atoms with van der Waals surface area (Å²) >= 11 is 0. The molecule has 1 aliphatic rings. The standard InChI is InChI=1S/C14H20N2O/c1-3-4-10(2)14(17)16-8-7-11-5-6-12(15)9-13(11)16/h5-6,9-10H,3-4,7-8,15H2,1-2H3. The number of rotatable bonds is 3. The maximum absolute atomic E-state index is 12.3. The van der Waals surface area contributed by atoms with E-state index in [2.05, 4.69) is 6.92 Å². The number of hydrogen-bond donors (Lipinski definition) is 1. The van der Waals surface area contributed by atoms with Crippen molar-refractivity contribution in [3.8, 4) is 0 Å². The van der Waals surface area contributed by atoms with E-state index in [0.717, 1.165) is 37.2 Å². The Kier molecular flexibility index (Phi) is 3.36. The van der Waals surface area contributed by atoms with E-state index in [4.69, 9.17) is 5.73 Å². The minimum absolute atomic E-state index is 0.104. The largest absolute Gasteiger partial charge is 0.399 e. The van der Waals surface area contributed by atoms with Gasteiger partial charge in [0.1, 0.15) is 0 Å². The molecule has 2 rings (SSSR count). The number of hydrogen-bond acceptors (Lipinski definition) is 2. The summed E-state index contributed by atoms with van der Waals surface area (Å²) in [5.74, 6) is 0.337. The van der Waals surface area contributed by atoms with Crippen LogP contribution in [0.3, 0.4) is 0 Å². The molecule has 0 aliphatic carbocycles. The van der Waals surface area contributed by atoms with Crippen molar-refractivity contribution in [2.45, 2.75) is 33.1 Å². The minimum atomic E-state index is 0.104. The van der Waals surface area contributed by atoms with Crippen molar-refractivity contribution < 1.29 is 4.79 Å². The van der Waals surface area contributed by atoms with Gasteiger partial charge in [-0.05, 0) is 30.5 Å². The molecule has 1 amide bonds. The van der Waals surface area contributed by atoms with Crippen LogP contribution in [-0.2, 0) is 11.2 Å². The zero-order chi connectivity index (χ0) is 12.4. The predicted molar refractivity (Wildman–Crippen MR) is 71.0 cm³/mol. The lowest BCUT2D eigenvalue weighted by Gasteiger charge is -2.21. The molecule has 92 valence electrons. The van der Waals surface area contributed by atoms with Crippen LogP contribution in [0.4, 0.5) is 11.4 Å². The molecule has 0 saturated carbocycles. The molecule has 17 heavy (non-hydrogen) atoms. The average molecular weight is 232 g/mol. The van der Waals surface area contributed by atoms with Crippen molar-refractivity contribution in [1.29, 1.82) is 0 Å². The van der Waals surface area contributed by atoms with Gasteiger partial charge in [-0.2, -0.15) is 0 Å². The highest BCUT2D eigenvalue weighted by molar-refractivity contribution is 5.97. The molecule has 1 unspecified atom stereocenters. The molecule has 0 saturated heterocycles. The molecule has 3 heteroatoms. The molecular weight excluding hydrogens is 212 g/mol. The Labute approximate surface area is 103 Å². The molecule has 0 bridgehead atoms. The molecule has 1 atom stereocenters. The number of anilines is 2. The van der Waals surface area contributed by atoms with Crippen LogP contribution >= 0.6 is 0 Å². The zero-order valence-corrected chi connectivity index (χ0v) is 10.6. The van der Waals surface area contributed by atoms with Crippen LogP contribution in [-0.4, -0.2) is 12.5 Å². The van der Waals surface area contributed by atoms with E-state index >= 15 is 0 Å². The third kappa shape index (κ3) is 2.28. The number of nitrogens with zero attached hydrogens (tertiary/aromatic N) is 1. The molecule has 1 aromatic rings. The van der Waals surface area contributed by atoms with E-state index in [1.807, 2.05) is 30.0 Å². The fraction of sp³-hybridized carbons (Fsp3) is 0.500. The van der Waals surface area contributed by atoms with E-state index in [-0.39, 0.29) is 11.8 Å². The van der Waals surface area contributed by atoms with Gasteiger partial charge in [0.2, 0.25) is 5.91 Å². The summed E-state index contributed by atoms with van der Waals surface area (Å²) in [6.07, 6.45) is 2.94. The summed E-state index contributed by atoms with van der Waals surface area (Å²) in [5, 5.41) is 0. The van der Waals surface area contributed by atoms with Crippen LogP contribution in [0.5, 0.6) is 0 Å². The Balaban J connectivity index is 2.21. The van der Waals surface area contributed by atoms with Crippen molar-refractivity contribution in [1.82, 2.24) is 0 Å². The summed E-state index contributed by atoms with van der Waals surface area (Å²) in [6.45, 7) is 4.92. The summed E-state index contributed by atoms with van der Waals surface area (Å²) < 4.78 is 0. The van der Waals surface area contributed by atoms with Crippen LogP contribution in [0.2, 0.25) is 0 Å². The Morgan fingerprint density at radius 3 is 3.00 bits per heavy atom. The van der Waals surface area contributed by atoms with Crippen LogP contribution in [0.15, 0.2) is 18.2 Å². The third-order valence-electron chi connectivity index (χ3n) is 3.41. The average Bonchev–Trinajstić information content (AvgIpc) is 2.71. The number of nitrogens with two attached hydrogens (primary N) is 1. The highest BCUT2D eigenvalue weighted by atomic mass is 16.2. The number of fused-ring (bicyclic) bond motifs is 1. The first-order valence-corrected chi connectivity index (χ1v) is 6.33. The van der Waals surface area contributed by atoms with Gasteiger partial charge in [0, 0.05) is 23.8 Å². The molecule has 0 aromatic heterocycles. The second-order valence-electron chi connectivity index (χ2n) is 4.82. The summed E-state index contributed by atoms with van der Waals surface area (Å²) in [6, 6.07) is 5.85. The van der Waals surface area contributed by atoms with E-state index in [0.29, 0.717) is 0 Å². The quantitative estimate of drug-likeness (QED) is 0.814. The predicted octanol–water partition coefficient (Wildman–Crippen LogP) is 2.59. The first-order chi connectivity index (χ1) is 8.13.